The Balaban J connectivity index is 2.25. The molecule has 15 heavy (non-hydrogen) atoms. The van der Waals surface area contributed by atoms with E-state index < -0.39 is 0 Å². The summed E-state index contributed by atoms with van der Waals surface area (Å²) in [6, 6.07) is 0. The van der Waals surface area contributed by atoms with E-state index in [0.29, 0.717) is 30.5 Å². The average Bonchev–Trinajstić information content (AvgIpc) is 2.68. The van der Waals surface area contributed by atoms with Gasteiger partial charge in [-0.1, -0.05) is 5.16 Å². The highest BCUT2D eigenvalue weighted by Crippen LogP contribution is 2.09. The highest BCUT2D eigenvalue weighted by molar-refractivity contribution is 5.40. The summed E-state index contributed by atoms with van der Waals surface area (Å²) in [6.45, 7) is 2.40. The third-order valence-electron chi connectivity index (χ3n) is 1.81. The Hall–Kier alpha value is -1.82. The van der Waals surface area contributed by atoms with Crippen LogP contribution < -0.4 is 5.73 Å². The minimum absolute atomic E-state index is 0.401. The second-order valence-electron chi connectivity index (χ2n) is 3.13. The van der Waals surface area contributed by atoms with Crippen molar-refractivity contribution in [2.24, 2.45) is 5.73 Å². The van der Waals surface area contributed by atoms with E-state index in [4.69, 9.17) is 10.3 Å². The molecule has 2 rings (SSSR count). The number of nitrogens with two attached hydrogens (primary N) is 1. The second-order valence-corrected chi connectivity index (χ2v) is 3.13. The molecule has 0 fully saturated rings. The van der Waals surface area contributed by atoms with Crippen LogP contribution in [0, 0.1) is 6.92 Å². The first-order chi connectivity index (χ1) is 7.29. The zero-order valence-electron chi connectivity index (χ0n) is 8.34. The van der Waals surface area contributed by atoms with Crippen LogP contribution in [0.15, 0.2) is 16.9 Å². The summed E-state index contributed by atoms with van der Waals surface area (Å²) in [4.78, 5) is 12.3. The van der Waals surface area contributed by atoms with E-state index in [1.165, 1.54) is 0 Å². The standard InChI is InChI=1S/C9H11N5O/c1-6-4-11-8(12-5-6)9-13-7(2-3-10)15-14-9/h4-5H,2-3,10H2,1H3. The van der Waals surface area contributed by atoms with Gasteiger partial charge in [0.2, 0.25) is 17.5 Å². The number of aryl methyl sites for hydroxylation is 1. The van der Waals surface area contributed by atoms with Crippen LogP contribution in [0.4, 0.5) is 0 Å². The molecule has 0 saturated heterocycles. The molecule has 0 aliphatic rings. The molecule has 78 valence electrons. The fourth-order valence-electron chi connectivity index (χ4n) is 1.08. The highest BCUT2D eigenvalue weighted by Gasteiger charge is 2.09. The van der Waals surface area contributed by atoms with Crippen molar-refractivity contribution in [3.05, 3.63) is 23.8 Å². The van der Waals surface area contributed by atoms with Gasteiger partial charge >= 0.3 is 0 Å². The normalized spacial score (nSPS) is 10.5. The Kier molecular flexibility index (Phi) is 2.68. The van der Waals surface area contributed by atoms with Crippen molar-refractivity contribution in [2.75, 3.05) is 6.54 Å². The zero-order chi connectivity index (χ0) is 10.7. The summed E-state index contributed by atoms with van der Waals surface area (Å²) in [6.07, 6.45) is 3.99. The maximum atomic E-state index is 5.37. The van der Waals surface area contributed by atoms with E-state index in [-0.39, 0.29) is 0 Å². The van der Waals surface area contributed by atoms with Crippen molar-refractivity contribution in [1.82, 2.24) is 20.1 Å². The van der Waals surface area contributed by atoms with Crippen molar-refractivity contribution >= 4 is 0 Å². The molecule has 0 unspecified atom stereocenters. The van der Waals surface area contributed by atoms with Crippen LogP contribution in [0.25, 0.3) is 11.6 Å². The van der Waals surface area contributed by atoms with Gasteiger partial charge in [0, 0.05) is 25.4 Å². The zero-order valence-corrected chi connectivity index (χ0v) is 8.34. The Bertz CT molecular complexity index is 436. The van der Waals surface area contributed by atoms with Crippen LogP contribution in [-0.4, -0.2) is 26.7 Å². The fraction of sp³-hybridized carbons (Fsp3) is 0.333. The maximum Gasteiger partial charge on any atom is 0.240 e. The van der Waals surface area contributed by atoms with E-state index in [2.05, 4.69) is 20.1 Å². The van der Waals surface area contributed by atoms with Crippen molar-refractivity contribution in [2.45, 2.75) is 13.3 Å². The van der Waals surface area contributed by atoms with Gasteiger partial charge in [0.1, 0.15) is 0 Å². The molecule has 2 N–H and O–H groups in total. The molecular formula is C9H11N5O. The Morgan fingerprint density at radius 3 is 2.67 bits per heavy atom. The summed E-state index contributed by atoms with van der Waals surface area (Å²) in [5.41, 5.74) is 6.36. The van der Waals surface area contributed by atoms with Gasteiger partial charge in [0.15, 0.2) is 0 Å². The minimum atomic E-state index is 0.401. The van der Waals surface area contributed by atoms with Crippen LogP contribution >= 0.6 is 0 Å². The highest BCUT2D eigenvalue weighted by atomic mass is 16.5. The number of aromatic nitrogens is 4. The van der Waals surface area contributed by atoms with E-state index in [1.807, 2.05) is 6.92 Å². The van der Waals surface area contributed by atoms with Crippen LogP contribution in [0.3, 0.4) is 0 Å². The molecule has 6 heteroatoms. The summed E-state index contributed by atoms with van der Waals surface area (Å²) in [5, 5.41) is 3.77. The minimum Gasteiger partial charge on any atom is -0.339 e. The third-order valence-corrected chi connectivity index (χ3v) is 1.81. The molecule has 0 saturated carbocycles. The molecule has 0 bridgehead atoms. The topological polar surface area (TPSA) is 90.7 Å². The first kappa shape index (κ1) is 9.72. The molecule has 6 nitrogen and oxygen atoms in total. The molecule has 0 aliphatic carbocycles. The van der Waals surface area contributed by atoms with Gasteiger partial charge in [-0.3, -0.25) is 0 Å². The predicted molar refractivity (Wildman–Crippen MR) is 52.8 cm³/mol. The van der Waals surface area contributed by atoms with Gasteiger partial charge in [0.25, 0.3) is 0 Å². The van der Waals surface area contributed by atoms with E-state index in [9.17, 15) is 0 Å². The number of rotatable bonds is 3. The largest absolute Gasteiger partial charge is 0.339 e. The Morgan fingerprint density at radius 1 is 1.27 bits per heavy atom. The van der Waals surface area contributed by atoms with Gasteiger partial charge in [-0.2, -0.15) is 4.98 Å². The molecule has 0 amide bonds. The van der Waals surface area contributed by atoms with E-state index >= 15 is 0 Å². The first-order valence-corrected chi connectivity index (χ1v) is 4.61. The lowest BCUT2D eigenvalue weighted by Gasteiger charge is -1.92. The maximum absolute atomic E-state index is 5.37. The van der Waals surface area contributed by atoms with Crippen molar-refractivity contribution in [3.8, 4) is 11.6 Å². The lowest BCUT2D eigenvalue weighted by atomic mass is 10.4. The Morgan fingerprint density at radius 2 is 2.00 bits per heavy atom. The molecule has 2 aromatic heterocycles. The quantitative estimate of drug-likeness (QED) is 0.776. The SMILES string of the molecule is Cc1cnc(-c2noc(CCN)n2)nc1. The smallest absolute Gasteiger partial charge is 0.240 e. The molecule has 2 aromatic rings. The lowest BCUT2D eigenvalue weighted by Crippen LogP contribution is -2.02. The first-order valence-electron chi connectivity index (χ1n) is 4.61. The predicted octanol–water partition coefficient (Wildman–Crippen LogP) is 0.336. The summed E-state index contributed by atoms with van der Waals surface area (Å²) < 4.78 is 4.97. The second kappa shape index (κ2) is 4.14. The number of hydrogen-bond donors (Lipinski definition) is 1. The van der Waals surface area contributed by atoms with Crippen molar-refractivity contribution in [1.29, 1.82) is 0 Å². The molecule has 0 aromatic carbocycles. The van der Waals surface area contributed by atoms with Crippen molar-refractivity contribution < 1.29 is 4.52 Å². The summed E-state index contributed by atoms with van der Waals surface area (Å²) in [5.74, 6) is 1.38. The molecule has 2 heterocycles. The summed E-state index contributed by atoms with van der Waals surface area (Å²) in [7, 11) is 0. The summed E-state index contributed by atoms with van der Waals surface area (Å²) >= 11 is 0. The van der Waals surface area contributed by atoms with Crippen LogP contribution in [0.1, 0.15) is 11.5 Å². The fourth-order valence-corrected chi connectivity index (χ4v) is 1.08. The van der Waals surface area contributed by atoms with Crippen LogP contribution in [0.5, 0.6) is 0 Å². The molecule has 0 atom stereocenters. The number of hydrogen-bond acceptors (Lipinski definition) is 6. The van der Waals surface area contributed by atoms with Crippen LogP contribution in [-0.2, 0) is 6.42 Å². The monoisotopic (exact) mass is 205 g/mol. The Labute approximate surface area is 86.5 Å². The average molecular weight is 205 g/mol. The van der Waals surface area contributed by atoms with Gasteiger partial charge in [-0.15, -0.1) is 0 Å². The van der Waals surface area contributed by atoms with Crippen molar-refractivity contribution in [3.63, 3.8) is 0 Å². The lowest BCUT2D eigenvalue weighted by molar-refractivity contribution is 0.380. The van der Waals surface area contributed by atoms with E-state index in [1.54, 1.807) is 12.4 Å². The number of nitrogens with zero attached hydrogens (tertiary/aromatic N) is 4. The van der Waals surface area contributed by atoms with Gasteiger partial charge in [-0.05, 0) is 12.5 Å². The van der Waals surface area contributed by atoms with Crippen LogP contribution in [0.2, 0.25) is 0 Å². The molecule has 0 spiro atoms. The van der Waals surface area contributed by atoms with Gasteiger partial charge < -0.3 is 10.3 Å². The molecule has 0 aliphatic heterocycles. The molecule has 0 radical (unpaired) electrons. The third kappa shape index (κ3) is 2.16. The van der Waals surface area contributed by atoms with Gasteiger partial charge in [-0.25, -0.2) is 9.97 Å². The van der Waals surface area contributed by atoms with E-state index in [0.717, 1.165) is 5.56 Å². The molecular weight excluding hydrogens is 194 g/mol. The van der Waals surface area contributed by atoms with Gasteiger partial charge in [0.05, 0.1) is 0 Å².